The van der Waals surface area contributed by atoms with E-state index in [1.54, 1.807) is 19.4 Å². The van der Waals surface area contributed by atoms with E-state index in [9.17, 15) is 8.60 Å². The number of hydrogen-bond donors (Lipinski definition) is 0. The molecule has 0 aliphatic heterocycles. The fourth-order valence-electron chi connectivity index (χ4n) is 1.30. The highest BCUT2D eigenvalue weighted by molar-refractivity contribution is 7.86. The average molecular weight is 256 g/mol. The first kappa shape index (κ1) is 11.3. The lowest BCUT2D eigenvalue weighted by molar-refractivity contribution is 0.622. The molecule has 2 heterocycles. The molecule has 2 aromatic rings. The lowest BCUT2D eigenvalue weighted by atomic mass is 10.3. The first-order valence-corrected chi connectivity index (χ1v) is 6.87. The predicted molar refractivity (Wildman–Crippen MR) is 62.4 cm³/mol. The summed E-state index contributed by atoms with van der Waals surface area (Å²) < 4.78 is 25.1. The molecule has 1 atom stereocenters. The summed E-state index contributed by atoms with van der Waals surface area (Å²) in [6, 6.07) is 1.37. The topological polar surface area (TPSA) is 42.9 Å². The van der Waals surface area contributed by atoms with Crippen LogP contribution in [0, 0.1) is 12.7 Å². The molecule has 3 nitrogen and oxygen atoms in total. The van der Waals surface area contributed by atoms with Crippen LogP contribution < -0.4 is 0 Å². The molecular formula is C10H9FN2OS2. The van der Waals surface area contributed by atoms with E-state index >= 15 is 0 Å². The van der Waals surface area contributed by atoms with E-state index in [0.717, 1.165) is 16.1 Å². The van der Waals surface area contributed by atoms with Gasteiger partial charge in [-0.1, -0.05) is 0 Å². The number of nitrogens with zero attached hydrogens (tertiary/aromatic N) is 2. The molecule has 0 bridgehead atoms. The maximum Gasteiger partial charge on any atom is 0.142 e. The van der Waals surface area contributed by atoms with Crippen molar-refractivity contribution in [3.63, 3.8) is 0 Å². The Hall–Kier alpha value is -1.14. The molecule has 0 saturated carbocycles. The van der Waals surface area contributed by atoms with Crippen molar-refractivity contribution >= 4 is 22.1 Å². The van der Waals surface area contributed by atoms with Crippen molar-refractivity contribution in [1.82, 2.24) is 9.97 Å². The summed E-state index contributed by atoms with van der Waals surface area (Å²) in [5, 5.41) is 0.648. The molecule has 0 spiro atoms. The standard InChI is InChI=1S/C10H9FN2OS2/c1-6-10(16(2)14)15-9(13-6)7-3-8(11)5-12-4-7/h3-5H,1-2H3. The molecule has 0 radical (unpaired) electrons. The summed E-state index contributed by atoms with van der Waals surface area (Å²) in [5.41, 5.74) is 1.34. The fourth-order valence-corrected chi connectivity index (χ4v) is 3.25. The molecule has 1 unspecified atom stereocenters. The van der Waals surface area contributed by atoms with Crippen molar-refractivity contribution in [2.24, 2.45) is 0 Å². The van der Waals surface area contributed by atoms with Gasteiger partial charge in [0.2, 0.25) is 0 Å². The Balaban J connectivity index is 2.49. The first-order chi connectivity index (χ1) is 7.58. The zero-order chi connectivity index (χ0) is 11.7. The van der Waals surface area contributed by atoms with Crippen LogP contribution in [-0.2, 0) is 10.8 Å². The molecule has 6 heteroatoms. The molecular weight excluding hydrogens is 247 g/mol. The number of pyridine rings is 1. The minimum Gasteiger partial charge on any atom is -0.261 e. The highest BCUT2D eigenvalue weighted by Crippen LogP contribution is 2.29. The molecule has 0 aliphatic carbocycles. The van der Waals surface area contributed by atoms with E-state index in [4.69, 9.17) is 0 Å². The quantitative estimate of drug-likeness (QED) is 0.828. The van der Waals surface area contributed by atoms with E-state index in [-0.39, 0.29) is 0 Å². The van der Waals surface area contributed by atoms with Crippen LogP contribution in [0.2, 0.25) is 0 Å². The van der Waals surface area contributed by atoms with E-state index < -0.39 is 16.6 Å². The average Bonchev–Trinajstić information content (AvgIpc) is 2.60. The van der Waals surface area contributed by atoms with Crippen LogP contribution >= 0.6 is 11.3 Å². The number of thiazole rings is 1. The number of aromatic nitrogens is 2. The maximum absolute atomic E-state index is 13.0. The summed E-state index contributed by atoms with van der Waals surface area (Å²) in [6.07, 6.45) is 4.29. The van der Waals surface area contributed by atoms with Crippen LogP contribution in [0.3, 0.4) is 0 Å². The lowest BCUT2D eigenvalue weighted by Gasteiger charge is -1.94. The highest BCUT2D eigenvalue weighted by Gasteiger charge is 2.12. The van der Waals surface area contributed by atoms with Gasteiger partial charge in [0.1, 0.15) is 15.0 Å². The number of hydrogen-bond acceptors (Lipinski definition) is 4. The van der Waals surface area contributed by atoms with Crippen LogP contribution in [0.25, 0.3) is 10.6 Å². The molecule has 2 aromatic heterocycles. The second-order valence-electron chi connectivity index (χ2n) is 3.24. The second-order valence-corrected chi connectivity index (χ2v) is 5.81. The second kappa shape index (κ2) is 4.39. The van der Waals surface area contributed by atoms with Crippen molar-refractivity contribution in [3.05, 3.63) is 30.0 Å². The summed E-state index contributed by atoms with van der Waals surface area (Å²) in [4.78, 5) is 8.02. The third kappa shape index (κ3) is 2.17. The largest absolute Gasteiger partial charge is 0.261 e. The van der Waals surface area contributed by atoms with Crippen LogP contribution in [0.4, 0.5) is 4.39 Å². The minimum atomic E-state index is -1.06. The highest BCUT2D eigenvalue weighted by atomic mass is 32.2. The molecule has 0 N–H and O–H groups in total. The molecule has 16 heavy (non-hydrogen) atoms. The Morgan fingerprint density at radius 3 is 2.75 bits per heavy atom. The summed E-state index contributed by atoms with van der Waals surface area (Å²) in [5.74, 6) is -0.399. The van der Waals surface area contributed by atoms with Gasteiger partial charge in [-0.15, -0.1) is 11.3 Å². The summed E-state index contributed by atoms with van der Waals surface area (Å²) in [7, 11) is -1.06. The van der Waals surface area contributed by atoms with Gasteiger partial charge in [0.05, 0.1) is 22.7 Å². The third-order valence-electron chi connectivity index (χ3n) is 1.97. The van der Waals surface area contributed by atoms with Crippen LogP contribution in [0.1, 0.15) is 5.69 Å². The smallest absolute Gasteiger partial charge is 0.142 e. The van der Waals surface area contributed by atoms with Gasteiger partial charge in [-0.05, 0) is 13.0 Å². The van der Waals surface area contributed by atoms with Gasteiger partial charge in [-0.3, -0.25) is 9.19 Å². The van der Waals surface area contributed by atoms with Crippen LogP contribution in [0.15, 0.2) is 22.7 Å². The fraction of sp³-hybridized carbons (Fsp3) is 0.200. The Bertz CT molecular complexity index is 554. The Labute approximate surface area is 98.8 Å². The van der Waals surface area contributed by atoms with E-state index in [1.165, 1.54) is 17.4 Å². The molecule has 0 saturated heterocycles. The van der Waals surface area contributed by atoms with Gasteiger partial charge < -0.3 is 0 Å². The summed E-state index contributed by atoms with van der Waals surface area (Å²) >= 11 is 1.31. The molecule has 2 rings (SSSR count). The van der Waals surface area contributed by atoms with E-state index in [1.807, 2.05) is 0 Å². The third-order valence-corrected chi connectivity index (χ3v) is 4.74. The summed E-state index contributed by atoms with van der Waals surface area (Å²) in [6.45, 7) is 1.80. The maximum atomic E-state index is 13.0. The molecule has 0 fully saturated rings. The van der Waals surface area contributed by atoms with Crippen LogP contribution in [0.5, 0.6) is 0 Å². The molecule has 0 amide bonds. The van der Waals surface area contributed by atoms with Crippen molar-refractivity contribution in [2.75, 3.05) is 6.26 Å². The van der Waals surface area contributed by atoms with Crippen molar-refractivity contribution < 1.29 is 8.60 Å². The predicted octanol–water partition coefficient (Wildman–Crippen LogP) is 2.39. The molecule has 84 valence electrons. The van der Waals surface area contributed by atoms with Gasteiger partial charge in [0, 0.05) is 18.0 Å². The number of rotatable bonds is 2. The minimum absolute atomic E-state index is 0.399. The SMILES string of the molecule is Cc1nc(-c2cncc(F)c2)sc1S(C)=O. The lowest BCUT2D eigenvalue weighted by Crippen LogP contribution is -1.85. The van der Waals surface area contributed by atoms with Crippen molar-refractivity contribution in [1.29, 1.82) is 0 Å². The van der Waals surface area contributed by atoms with E-state index in [2.05, 4.69) is 9.97 Å². The number of halogens is 1. The van der Waals surface area contributed by atoms with Gasteiger partial charge in [-0.2, -0.15) is 0 Å². The van der Waals surface area contributed by atoms with Crippen LogP contribution in [-0.4, -0.2) is 20.4 Å². The molecule has 0 aromatic carbocycles. The Morgan fingerprint density at radius 2 is 2.19 bits per heavy atom. The van der Waals surface area contributed by atoms with Gasteiger partial charge in [0.15, 0.2) is 0 Å². The molecule has 0 aliphatic rings. The van der Waals surface area contributed by atoms with E-state index in [0.29, 0.717) is 10.6 Å². The van der Waals surface area contributed by atoms with Crippen molar-refractivity contribution in [3.8, 4) is 10.6 Å². The van der Waals surface area contributed by atoms with Gasteiger partial charge >= 0.3 is 0 Å². The normalized spacial score (nSPS) is 12.7. The zero-order valence-corrected chi connectivity index (χ0v) is 10.4. The Morgan fingerprint density at radius 1 is 1.44 bits per heavy atom. The zero-order valence-electron chi connectivity index (χ0n) is 8.73. The monoisotopic (exact) mass is 256 g/mol. The Kier molecular flexibility index (Phi) is 3.11. The van der Waals surface area contributed by atoms with Gasteiger partial charge in [-0.25, -0.2) is 9.37 Å². The first-order valence-electron chi connectivity index (χ1n) is 4.49. The van der Waals surface area contributed by atoms with Gasteiger partial charge in [0.25, 0.3) is 0 Å². The van der Waals surface area contributed by atoms with Crippen molar-refractivity contribution in [2.45, 2.75) is 11.1 Å². The number of aryl methyl sites for hydroxylation is 1.